The van der Waals surface area contributed by atoms with Crippen LogP contribution in [0.4, 0.5) is 0 Å². The summed E-state index contributed by atoms with van der Waals surface area (Å²) in [6, 6.07) is 14.4. The van der Waals surface area contributed by atoms with Gasteiger partial charge in [0.15, 0.2) is 11.5 Å². The van der Waals surface area contributed by atoms with Crippen molar-refractivity contribution in [1.29, 1.82) is 0 Å². The first-order valence-electron chi connectivity index (χ1n) is 11.5. The Labute approximate surface area is 201 Å². The molecule has 2 aromatic carbocycles. The molecule has 1 N–H and O–H groups in total. The number of amides is 2. The Morgan fingerprint density at radius 2 is 1.82 bits per heavy atom. The third-order valence-corrected chi connectivity index (χ3v) is 7.33. The number of ether oxygens (including phenoxy) is 2. The van der Waals surface area contributed by atoms with Gasteiger partial charge in [-0.3, -0.25) is 9.59 Å². The molecule has 1 aliphatic rings. The first-order valence-corrected chi connectivity index (χ1v) is 12.6. The zero-order valence-corrected chi connectivity index (χ0v) is 20.7. The molecule has 1 saturated heterocycles. The molecule has 0 bridgehead atoms. The minimum Gasteiger partial charge on any atom is -0.493 e. The van der Waals surface area contributed by atoms with Gasteiger partial charge in [0.2, 0.25) is 5.91 Å². The van der Waals surface area contributed by atoms with Crippen molar-refractivity contribution >= 4 is 23.6 Å². The van der Waals surface area contributed by atoms with E-state index < -0.39 is 6.04 Å². The fourth-order valence-electron chi connectivity index (χ4n) is 4.08. The van der Waals surface area contributed by atoms with E-state index >= 15 is 0 Å². The van der Waals surface area contributed by atoms with Gasteiger partial charge < -0.3 is 19.7 Å². The quantitative estimate of drug-likeness (QED) is 0.493. The molecule has 1 aliphatic heterocycles. The summed E-state index contributed by atoms with van der Waals surface area (Å²) in [4.78, 5) is 28.7. The number of hydrogen-bond acceptors (Lipinski definition) is 5. The highest BCUT2D eigenvalue weighted by molar-refractivity contribution is 8.00. The van der Waals surface area contributed by atoms with E-state index in [9.17, 15) is 9.59 Å². The van der Waals surface area contributed by atoms with Crippen LogP contribution in [-0.4, -0.2) is 48.1 Å². The predicted molar refractivity (Wildman–Crippen MR) is 133 cm³/mol. The Bertz CT molecular complexity index is 937. The zero-order valence-electron chi connectivity index (χ0n) is 19.9. The van der Waals surface area contributed by atoms with E-state index in [1.165, 1.54) is 0 Å². The van der Waals surface area contributed by atoms with Gasteiger partial charge in [0.25, 0.3) is 5.91 Å². The molecular weight excluding hydrogens is 436 g/mol. The van der Waals surface area contributed by atoms with Crippen LogP contribution in [0.3, 0.4) is 0 Å². The molecule has 6 nitrogen and oxygen atoms in total. The largest absolute Gasteiger partial charge is 0.493 e. The van der Waals surface area contributed by atoms with Gasteiger partial charge in [0.1, 0.15) is 6.04 Å². The van der Waals surface area contributed by atoms with Crippen LogP contribution in [0.15, 0.2) is 48.5 Å². The van der Waals surface area contributed by atoms with Crippen LogP contribution in [-0.2, 0) is 4.79 Å². The van der Waals surface area contributed by atoms with Gasteiger partial charge in [-0.25, -0.2) is 0 Å². The number of benzene rings is 2. The van der Waals surface area contributed by atoms with Gasteiger partial charge in [-0.05, 0) is 37.1 Å². The van der Waals surface area contributed by atoms with E-state index in [0.29, 0.717) is 22.8 Å². The number of unbranched alkanes of at least 4 members (excludes halogenated alkanes) is 2. The molecule has 3 atom stereocenters. The maximum absolute atomic E-state index is 13.7. The van der Waals surface area contributed by atoms with Crippen molar-refractivity contribution in [3.63, 3.8) is 0 Å². The molecule has 0 radical (unpaired) electrons. The standard InChI is InChI=1S/C26H34N2O4S/c1-5-6-8-13-24-28(26(30)20-14-15-22(31-3)23(16-20)32-4)21(17-33-24)25(29)27-18(2)19-11-9-7-10-12-19/h7,9-12,14-16,18,21,24H,5-6,8,13,17H2,1-4H3,(H,27,29). The molecule has 3 unspecified atom stereocenters. The van der Waals surface area contributed by atoms with Crippen LogP contribution >= 0.6 is 11.8 Å². The number of thioether (sulfide) groups is 1. The monoisotopic (exact) mass is 470 g/mol. The number of hydrogen-bond donors (Lipinski definition) is 1. The van der Waals surface area contributed by atoms with Crippen molar-refractivity contribution in [2.75, 3.05) is 20.0 Å². The topological polar surface area (TPSA) is 67.9 Å². The summed E-state index contributed by atoms with van der Waals surface area (Å²) < 4.78 is 10.7. The van der Waals surface area contributed by atoms with Gasteiger partial charge in [-0.15, -0.1) is 11.8 Å². The first kappa shape index (κ1) is 25.0. The summed E-state index contributed by atoms with van der Waals surface area (Å²) in [6.45, 7) is 4.13. The van der Waals surface area contributed by atoms with E-state index in [0.717, 1.165) is 31.2 Å². The van der Waals surface area contributed by atoms with Crippen molar-refractivity contribution in [2.24, 2.45) is 0 Å². The predicted octanol–water partition coefficient (Wildman–Crippen LogP) is 5.05. The van der Waals surface area contributed by atoms with Gasteiger partial charge in [-0.2, -0.15) is 0 Å². The van der Waals surface area contributed by atoms with Gasteiger partial charge in [0, 0.05) is 11.3 Å². The van der Waals surface area contributed by atoms with E-state index in [1.54, 1.807) is 49.1 Å². The fourth-order valence-corrected chi connectivity index (χ4v) is 5.54. The van der Waals surface area contributed by atoms with Gasteiger partial charge >= 0.3 is 0 Å². The number of carbonyl (C=O) groups is 2. The molecule has 3 rings (SSSR count). The van der Waals surface area contributed by atoms with E-state index in [2.05, 4.69) is 12.2 Å². The number of nitrogens with zero attached hydrogens (tertiary/aromatic N) is 1. The summed E-state index contributed by atoms with van der Waals surface area (Å²) in [5.41, 5.74) is 1.53. The summed E-state index contributed by atoms with van der Waals surface area (Å²) in [5, 5.41) is 3.08. The maximum Gasteiger partial charge on any atom is 0.255 e. The minimum atomic E-state index is -0.520. The van der Waals surface area contributed by atoms with Crippen LogP contribution in [0.2, 0.25) is 0 Å². The zero-order chi connectivity index (χ0) is 23.8. The van der Waals surface area contributed by atoms with Gasteiger partial charge in [-0.1, -0.05) is 56.5 Å². The molecule has 7 heteroatoms. The fraction of sp³-hybridized carbons (Fsp3) is 0.462. The molecule has 33 heavy (non-hydrogen) atoms. The first-order chi connectivity index (χ1) is 16.0. The Morgan fingerprint density at radius 1 is 1.09 bits per heavy atom. The van der Waals surface area contributed by atoms with E-state index in [4.69, 9.17) is 9.47 Å². The smallest absolute Gasteiger partial charge is 0.255 e. The summed E-state index contributed by atoms with van der Waals surface area (Å²) in [7, 11) is 3.11. The number of methoxy groups -OCH3 is 2. The van der Waals surface area contributed by atoms with Crippen molar-refractivity contribution in [3.8, 4) is 11.5 Å². The van der Waals surface area contributed by atoms with Crippen LogP contribution in [0, 0.1) is 0 Å². The summed E-state index contributed by atoms with van der Waals surface area (Å²) >= 11 is 1.69. The molecule has 1 fully saturated rings. The normalized spacial score (nSPS) is 18.6. The second-order valence-electron chi connectivity index (χ2n) is 8.22. The minimum absolute atomic E-state index is 0.0278. The lowest BCUT2D eigenvalue weighted by atomic mass is 10.1. The Hall–Kier alpha value is -2.67. The lowest BCUT2D eigenvalue weighted by Crippen LogP contribution is -2.50. The lowest BCUT2D eigenvalue weighted by Gasteiger charge is -2.30. The third-order valence-electron chi connectivity index (χ3n) is 5.97. The van der Waals surface area contributed by atoms with Crippen LogP contribution in [0.25, 0.3) is 0 Å². The van der Waals surface area contributed by atoms with Crippen molar-refractivity contribution in [2.45, 2.75) is 57.0 Å². The highest BCUT2D eigenvalue weighted by Crippen LogP contribution is 2.36. The van der Waals surface area contributed by atoms with Crippen LogP contribution < -0.4 is 14.8 Å². The molecule has 0 aliphatic carbocycles. The Balaban J connectivity index is 1.83. The second kappa shape index (κ2) is 12.0. The molecule has 2 amide bonds. The molecule has 178 valence electrons. The summed E-state index contributed by atoms with van der Waals surface area (Å²) in [5.74, 6) is 1.37. The Morgan fingerprint density at radius 3 is 2.48 bits per heavy atom. The lowest BCUT2D eigenvalue weighted by molar-refractivity contribution is -0.125. The third kappa shape index (κ3) is 6.02. The van der Waals surface area contributed by atoms with E-state index in [1.807, 2.05) is 37.3 Å². The van der Waals surface area contributed by atoms with Crippen LogP contribution in [0.1, 0.15) is 61.5 Å². The average molecular weight is 471 g/mol. The summed E-state index contributed by atoms with van der Waals surface area (Å²) in [6.07, 6.45) is 4.12. The molecule has 0 spiro atoms. The van der Waals surface area contributed by atoms with Crippen LogP contribution in [0.5, 0.6) is 11.5 Å². The van der Waals surface area contributed by atoms with E-state index in [-0.39, 0.29) is 23.2 Å². The van der Waals surface area contributed by atoms with Crippen molar-refractivity contribution in [1.82, 2.24) is 10.2 Å². The second-order valence-corrected chi connectivity index (χ2v) is 9.43. The maximum atomic E-state index is 13.7. The highest BCUT2D eigenvalue weighted by Gasteiger charge is 2.42. The molecule has 2 aromatic rings. The highest BCUT2D eigenvalue weighted by atomic mass is 32.2. The molecule has 0 saturated carbocycles. The molecular formula is C26H34N2O4S. The molecule has 1 heterocycles. The molecule has 0 aromatic heterocycles. The number of carbonyl (C=O) groups excluding carboxylic acids is 2. The number of rotatable bonds is 10. The average Bonchev–Trinajstić information content (AvgIpc) is 3.27. The van der Waals surface area contributed by atoms with Gasteiger partial charge in [0.05, 0.1) is 25.6 Å². The van der Waals surface area contributed by atoms with Crippen molar-refractivity contribution < 1.29 is 19.1 Å². The van der Waals surface area contributed by atoms with Crippen molar-refractivity contribution in [3.05, 3.63) is 59.7 Å². The SMILES string of the molecule is CCCCCC1SCC(C(=O)NC(C)c2ccccc2)N1C(=O)c1ccc(OC)c(OC)c1. The Kier molecular flexibility index (Phi) is 9.06. The number of nitrogens with one attached hydrogen (secondary N) is 1.